The van der Waals surface area contributed by atoms with Crippen molar-refractivity contribution in [3.05, 3.63) is 46.7 Å². The van der Waals surface area contributed by atoms with Gasteiger partial charge in [-0.25, -0.2) is 0 Å². The van der Waals surface area contributed by atoms with Crippen molar-refractivity contribution >= 4 is 11.6 Å². The Labute approximate surface area is 135 Å². The van der Waals surface area contributed by atoms with Crippen molar-refractivity contribution in [2.45, 2.75) is 38.9 Å². The topological polar surface area (TPSA) is 52.6 Å². The van der Waals surface area contributed by atoms with Gasteiger partial charge >= 0.3 is 0 Å². The van der Waals surface area contributed by atoms with Crippen LogP contribution in [0.4, 0.5) is 0 Å². The normalized spacial score (nSPS) is 32.3. The highest BCUT2D eigenvalue weighted by Gasteiger charge is 2.58. The molecule has 4 nitrogen and oxygen atoms in total. The number of ether oxygens (including phenoxy) is 2. The summed E-state index contributed by atoms with van der Waals surface area (Å²) in [4.78, 5) is 26.1. The quantitative estimate of drug-likeness (QED) is 0.838. The maximum absolute atomic E-state index is 13.1. The molecule has 1 heterocycles. The van der Waals surface area contributed by atoms with E-state index in [1.807, 2.05) is 13.0 Å². The molecule has 0 spiro atoms. The Balaban J connectivity index is 1.90. The van der Waals surface area contributed by atoms with Gasteiger partial charge in [0.05, 0.1) is 5.92 Å². The molecule has 0 saturated heterocycles. The molecule has 0 aromatic heterocycles. The van der Waals surface area contributed by atoms with Gasteiger partial charge in [0, 0.05) is 35.6 Å². The summed E-state index contributed by atoms with van der Waals surface area (Å²) in [6.45, 7) is 4.26. The Morgan fingerprint density at radius 3 is 2.74 bits per heavy atom. The zero-order valence-electron chi connectivity index (χ0n) is 13.4. The standard InChI is InChI=1S/C19H20O4/c1-3-22-19-10-6-9-14(19)16-15(11(2)23-19)17(20)12-7-4-5-8-13(12)18(16)21/h4-5,7-8,14,16H,3,6,9-10H2,1-2H3/t14-,16-,19-/m0/s1. The minimum atomic E-state index is -0.741. The van der Waals surface area contributed by atoms with Crippen LogP contribution in [0.3, 0.4) is 0 Å². The monoisotopic (exact) mass is 312 g/mol. The molecule has 3 aliphatic rings. The number of benzene rings is 1. The summed E-state index contributed by atoms with van der Waals surface area (Å²) in [7, 11) is 0. The van der Waals surface area contributed by atoms with Gasteiger partial charge in [0.2, 0.25) is 5.79 Å². The van der Waals surface area contributed by atoms with Crippen LogP contribution in [0.25, 0.3) is 0 Å². The van der Waals surface area contributed by atoms with Gasteiger partial charge < -0.3 is 9.47 Å². The van der Waals surface area contributed by atoms with E-state index in [1.54, 1.807) is 25.1 Å². The summed E-state index contributed by atoms with van der Waals surface area (Å²) < 4.78 is 12.1. The molecular formula is C19H20O4. The van der Waals surface area contributed by atoms with Gasteiger partial charge in [-0.2, -0.15) is 0 Å². The average molecular weight is 312 g/mol. The minimum absolute atomic E-state index is 0.0360. The van der Waals surface area contributed by atoms with Crippen molar-refractivity contribution in [3.8, 4) is 0 Å². The lowest BCUT2D eigenvalue weighted by molar-refractivity contribution is -0.246. The highest BCUT2D eigenvalue weighted by Crippen LogP contribution is 2.53. The van der Waals surface area contributed by atoms with Crippen LogP contribution >= 0.6 is 0 Å². The van der Waals surface area contributed by atoms with Crippen LogP contribution in [-0.4, -0.2) is 24.0 Å². The van der Waals surface area contributed by atoms with E-state index < -0.39 is 11.7 Å². The first-order valence-corrected chi connectivity index (χ1v) is 8.30. The summed E-state index contributed by atoms with van der Waals surface area (Å²) in [6.07, 6.45) is 2.57. The number of carbonyl (C=O) groups is 2. The van der Waals surface area contributed by atoms with Gasteiger partial charge in [0.25, 0.3) is 0 Å². The zero-order valence-corrected chi connectivity index (χ0v) is 13.4. The molecule has 3 atom stereocenters. The Bertz CT molecular complexity index is 733. The molecule has 0 bridgehead atoms. The molecule has 4 heteroatoms. The van der Waals surface area contributed by atoms with Crippen molar-refractivity contribution in [2.24, 2.45) is 11.8 Å². The SMILES string of the molecule is CCO[C@]12CCC[C@H]1[C@@H]1C(=O)c3ccccc3C(=O)C1=C(C)O2. The fourth-order valence-electron chi connectivity index (χ4n) is 4.53. The van der Waals surface area contributed by atoms with Crippen LogP contribution in [0.1, 0.15) is 53.8 Å². The van der Waals surface area contributed by atoms with E-state index in [2.05, 4.69) is 0 Å². The number of carbonyl (C=O) groups excluding carboxylic acids is 2. The number of Topliss-reactive ketones (excluding diaryl/α,β-unsaturated/α-hetero) is 2. The summed E-state index contributed by atoms with van der Waals surface area (Å²) in [5.41, 5.74) is 1.57. The first-order valence-electron chi connectivity index (χ1n) is 8.30. The first-order chi connectivity index (χ1) is 11.1. The summed E-state index contributed by atoms with van der Waals surface area (Å²) in [6, 6.07) is 7.10. The van der Waals surface area contributed by atoms with E-state index in [0.29, 0.717) is 29.1 Å². The van der Waals surface area contributed by atoms with Crippen molar-refractivity contribution < 1.29 is 19.1 Å². The lowest BCUT2D eigenvalue weighted by atomic mass is 9.68. The molecule has 1 aromatic rings. The van der Waals surface area contributed by atoms with Crippen LogP contribution in [0.2, 0.25) is 0 Å². The molecule has 1 saturated carbocycles. The van der Waals surface area contributed by atoms with Crippen LogP contribution in [0.15, 0.2) is 35.6 Å². The maximum Gasteiger partial charge on any atom is 0.213 e. The third-order valence-corrected chi connectivity index (χ3v) is 5.38. The van der Waals surface area contributed by atoms with Gasteiger partial charge in [-0.3, -0.25) is 9.59 Å². The van der Waals surface area contributed by atoms with Crippen molar-refractivity contribution in [3.63, 3.8) is 0 Å². The fraction of sp³-hybridized carbons (Fsp3) is 0.474. The summed E-state index contributed by atoms with van der Waals surface area (Å²) in [5, 5.41) is 0. The second-order valence-corrected chi connectivity index (χ2v) is 6.53. The lowest BCUT2D eigenvalue weighted by Gasteiger charge is -2.45. The minimum Gasteiger partial charge on any atom is -0.466 e. The molecule has 0 amide bonds. The fourth-order valence-corrected chi connectivity index (χ4v) is 4.53. The molecule has 2 aliphatic carbocycles. The highest BCUT2D eigenvalue weighted by molar-refractivity contribution is 6.23. The third kappa shape index (κ3) is 1.88. The molecular weight excluding hydrogens is 292 g/mol. The predicted molar refractivity (Wildman–Crippen MR) is 84.1 cm³/mol. The summed E-state index contributed by atoms with van der Waals surface area (Å²) in [5.74, 6) is -0.732. The first kappa shape index (κ1) is 14.6. The van der Waals surface area contributed by atoms with Gasteiger partial charge in [-0.1, -0.05) is 24.3 Å². The Hall–Kier alpha value is -1.94. The maximum atomic E-state index is 13.1. The summed E-state index contributed by atoms with van der Waals surface area (Å²) >= 11 is 0. The second-order valence-electron chi connectivity index (χ2n) is 6.53. The molecule has 4 rings (SSSR count). The van der Waals surface area contributed by atoms with Gasteiger partial charge in [-0.05, 0) is 26.7 Å². The average Bonchev–Trinajstić information content (AvgIpc) is 2.95. The molecule has 0 N–H and O–H groups in total. The van der Waals surface area contributed by atoms with E-state index in [1.165, 1.54) is 0 Å². The Morgan fingerprint density at radius 2 is 2.00 bits per heavy atom. The molecule has 1 fully saturated rings. The number of allylic oxidation sites excluding steroid dienone is 2. The lowest BCUT2D eigenvalue weighted by Crippen LogP contribution is -2.51. The highest BCUT2D eigenvalue weighted by atomic mass is 16.7. The van der Waals surface area contributed by atoms with Gasteiger partial charge in [-0.15, -0.1) is 0 Å². The molecule has 0 unspecified atom stereocenters. The van der Waals surface area contributed by atoms with Crippen LogP contribution in [0, 0.1) is 11.8 Å². The Morgan fingerprint density at radius 1 is 1.26 bits per heavy atom. The Kier molecular flexibility index (Phi) is 3.20. The number of hydrogen-bond donors (Lipinski definition) is 0. The van der Waals surface area contributed by atoms with Gasteiger partial charge in [0.15, 0.2) is 11.6 Å². The molecule has 1 aliphatic heterocycles. The van der Waals surface area contributed by atoms with Crippen molar-refractivity contribution in [2.75, 3.05) is 6.61 Å². The molecule has 23 heavy (non-hydrogen) atoms. The van der Waals surface area contributed by atoms with E-state index >= 15 is 0 Å². The van der Waals surface area contributed by atoms with E-state index in [9.17, 15) is 9.59 Å². The predicted octanol–water partition coefficient (Wildman–Crippen LogP) is 3.52. The zero-order chi connectivity index (χ0) is 16.2. The molecule has 120 valence electrons. The van der Waals surface area contributed by atoms with Gasteiger partial charge in [0.1, 0.15) is 5.76 Å². The third-order valence-electron chi connectivity index (χ3n) is 5.38. The van der Waals surface area contributed by atoms with Crippen LogP contribution < -0.4 is 0 Å². The van der Waals surface area contributed by atoms with E-state index in [0.717, 1.165) is 19.3 Å². The molecule has 0 radical (unpaired) electrons. The van der Waals surface area contributed by atoms with Crippen molar-refractivity contribution in [1.82, 2.24) is 0 Å². The largest absolute Gasteiger partial charge is 0.466 e. The van der Waals surface area contributed by atoms with E-state index in [4.69, 9.17) is 9.47 Å². The van der Waals surface area contributed by atoms with E-state index in [-0.39, 0.29) is 17.5 Å². The number of rotatable bonds is 2. The van der Waals surface area contributed by atoms with Crippen LogP contribution in [0.5, 0.6) is 0 Å². The van der Waals surface area contributed by atoms with Crippen LogP contribution in [-0.2, 0) is 9.47 Å². The number of fused-ring (bicyclic) bond motifs is 4. The smallest absolute Gasteiger partial charge is 0.213 e. The number of ketones is 2. The number of hydrogen-bond acceptors (Lipinski definition) is 4. The van der Waals surface area contributed by atoms with Crippen molar-refractivity contribution in [1.29, 1.82) is 0 Å². The molecule has 1 aromatic carbocycles. The second kappa shape index (κ2) is 5.03.